The number of hydrogen-bond acceptors (Lipinski definition) is 6. The number of methoxy groups -OCH3 is 1. The van der Waals surface area contributed by atoms with Crippen molar-refractivity contribution in [3.63, 3.8) is 0 Å². The summed E-state index contributed by atoms with van der Waals surface area (Å²) in [7, 11) is 1.52. The molecule has 0 radical (unpaired) electrons. The van der Waals surface area contributed by atoms with Gasteiger partial charge in [0.25, 0.3) is 0 Å². The largest absolute Gasteiger partial charge is 0.495 e. The fraction of sp³-hybridized carbons (Fsp3) is 0.227. The fourth-order valence-corrected chi connectivity index (χ4v) is 4.16. The molecule has 11 heteroatoms. The zero-order chi connectivity index (χ0) is 24.0. The number of aromatic nitrogens is 3. The van der Waals surface area contributed by atoms with Gasteiger partial charge in [-0.25, -0.2) is 0 Å². The first-order valence-corrected chi connectivity index (χ1v) is 11.9. The molecule has 0 aliphatic heterocycles. The van der Waals surface area contributed by atoms with Crippen molar-refractivity contribution in [2.24, 2.45) is 0 Å². The Labute approximate surface area is 211 Å². The molecule has 1 heterocycles. The van der Waals surface area contributed by atoms with E-state index in [1.807, 2.05) is 11.5 Å². The number of halogens is 3. The van der Waals surface area contributed by atoms with Gasteiger partial charge in [0.1, 0.15) is 11.5 Å². The van der Waals surface area contributed by atoms with Gasteiger partial charge >= 0.3 is 0 Å². The Morgan fingerprint density at radius 1 is 1.18 bits per heavy atom. The van der Waals surface area contributed by atoms with E-state index in [4.69, 9.17) is 44.3 Å². The number of ether oxygens (including phenoxy) is 2. The molecular formula is C22H21Cl3N4O3S. The van der Waals surface area contributed by atoms with Crippen molar-refractivity contribution >= 4 is 58.2 Å². The molecule has 0 spiro atoms. The Kier molecular flexibility index (Phi) is 8.91. The second-order valence-electron chi connectivity index (χ2n) is 6.76. The first-order valence-electron chi connectivity index (χ1n) is 9.74. The highest BCUT2D eigenvalue weighted by Gasteiger charge is 2.21. The van der Waals surface area contributed by atoms with Crippen LogP contribution in [-0.4, -0.2) is 33.5 Å². The molecule has 7 nitrogen and oxygen atoms in total. The molecule has 0 aliphatic carbocycles. The zero-order valence-electron chi connectivity index (χ0n) is 17.8. The SMILES string of the molecule is C=CCn1c(SCC(=O)Nc2cc(Cl)ccc2OC)nnc1C(C)Oc1cc(Cl)ccc1Cl. The summed E-state index contributed by atoms with van der Waals surface area (Å²) in [4.78, 5) is 12.5. The number of nitrogens with one attached hydrogen (secondary N) is 1. The van der Waals surface area contributed by atoms with Gasteiger partial charge in [-0.2, -0.15) is 0 Å². The first-order chi connectivity index (χ1) is 15.8. The summed E-state index contributed by atoms with van der Waals surface area (Å²) < 4.78 is 13.1. The predicted octanol–water partition coefficient (Wildman–Crippen LogP) is 6.30. The second kappa shape index (κ2) is 11.7. The van der Waals surface area contributed by atoms with E-state index < -0.39 is 6.10 Å². The van der Waals surface area contributed by atoms with Gasteiger partial charge in [-0.3, -0.25) is 9.36 Å². The van der Waals surface area contributed by atoms with Crippen LogP contribution in [0.3, 0.4) is 0 Å². The van der Waals surface area contributed by atoms with Crippen molar-refractivity contribution in [3.8, 4) is 11.5 Å². The van der Waals surface area contributed by atoms with E-state index in [2.05, 4.69) is 22.1 Å². The fourth-order valence-electron chi connectivity index (χ4n) is 2.91. The van der Waals surface area contributed by atoms with Gasteiger partial charge in [-0.05, 0) is 37.3 Å². The van der Waals surface area contributed by atoms with Crippen molar-refractivity contribution < 1.29 is 14.3 Å². The molecule has 1 N–H and O–H groups in total. The number of carbonyl (C=O) groups excluding carboxylic acids is 1. The van der Waals surface area contributed by atoms with Gasteiger partial charge in [0, 0.05) is 22.7 Å². The van der Waals surface area contributed by atoms with Crippen molar-refractivity contribution in [2.75, 3.05) is 18.2 Å². The number of anilines is 1. The van der Waals surface area contributed by atoms with E-state index in [9.17, 15) is 4.79 Å². The third kappa shape index (κ3) is 6.57. The Morgan fingerprint density at radius 2 is 1.91 bits per heavy atom. The number of rotatable bonds is 10. The van der Waals surface area contributed by atoms with Crippen LogP contribution in [0.15, 0.2) is 54.2 Å². The van der Waals surface area contributed by atoms with Crippen LogP contribution in [0.2, 0.25) is 15.1 Å². The average molecular weight is 528 g/mol. The molecule has 1 amide bonds. The first kappa shape index (κ1) is 25.2. The van der Waals surface area contributed by atoms with Crippen LogP contribution in [-0.2, 0) is 11.3 Å². The van der Waals surface area contributed by atoms with Crippen LogP contribution in [0, 0.1) is 0 Å². The lowest BCUT2D eigenvalue weighted by atomic mass is 10.3. The highest BCUT2D eigenvalue weighted by molar-refractivity contribution is 7.99. The Balaban J connectivity index is 1.71. The number of carbonyl (C=O) groups is 1. The summed E-state index contributed by atoms with van der Waals surface area (Å²) in [6, 6.07) is 9.98. The maximum atomic E-state index is 12.5. The molecule has 1 atom stereocenters. The monoisotopic (exact) mass is 526 g/mol. The standard InChI is InChI=1S/C22H21Cl3N4O3S/c1-4-9-29-21(13(2)32-19-11-15(24)5-7-16(19)25)27-28-22(29)33-12-20(30)26-17-10-14(23)6-8-18(17)31-3/h4-8,10-11,13H,1,9,12H2,2-3H3,(H,26,30). The van der Waals surface area contributed by atoms with Crippen LogP contribution >= 0.6 is 46.6 Å². The van der Waals surface area contributed by atoms with E-state index in [0.29, 0.717) is 49.8 Å². The molecule has 3 rings (SSSR count). The minimum atomic E-state index is -0.479. The van der Waals surface area contributed by atoms with Crippen LogP contribution in [0.1, 0.15) is 18.9 Å². The average Bonchev–Trinajstić information content (AvgIpc) is 3.18. The summed E-state index contributed by atoms with van der Waals surface area (Å²) in [6.07, 6.45) is 1.24. The van der Waals surface area contributed by atoms with E-state index in [1.54, 1.807) is 42.5 Å². The number of thioether (sulfide) groups is 1. The van der Waals surface area contributed by atoms with Crippen molar-refractivity contribution in [1.82, 2.24) is 14.8 Å². The van der Waals surface area contributed by atoms with E-state index in [-0.39, 0.29) is 11.7 Å². The molecule has 33 heavy (non-hydrogen) atoms. The van der Waals surface area contributed by atoms with E-state index in [0.717, 1.165) is 0 Å². The lowest BCUT2D eigenvalue weighted by Gasteiger charge is -2.16. The number of allylic oxidation sites excluding steroid dienone is 1. The lowest BCUT2D eigenvalue weighted by molar-refractivity contribution is -0.113. The maximum Gasteiger partial charge on any atom is 0.234 e. The van der Waals surface area contributed by atoms with Crippen molar-refractivity contribution in [3.05, 3.63) is 69.9 Å². The molecular weight excluding hydrogens is 507 g/mol. The Bertz CT molecular complexity index is 1160. The van der Waals surface area contributed by atoms with Gasteiger partial charge in [0.05, 0.1) is 23.6 Å². The summed E-state index contributed by atoms with van der Waals surface area (Å²) in [5.74, 6) is 1.37. The Hall–Kier alpha value is -2.39. The van der Waals surface area contributed by atoms with Crippen LogP contribution < -0.4 is 14.8 Å². The minimum absolute atomic E-state index is 0.0975. The number of benzene rings is 2. The summed E-state index contributed by atoms with van der Waals surface area (Å²) in [5, 5.41) is 13.3. The molecule has 2 aromatic carbocycles. The minimum Gasteiger partial charge on any atom is -0.495 e. The highest BCUT2D eigenvalue weighted by Crippen LogP contribution is 2.32. The molecule has 0 fully saturated rings. The van der Waals surface area contributed by atoms with Gasteiger partial charge in [-0.15, -0.1) is 16.8 Å². The predicted molar refractivity (Wildman–Crippen MR) is 133 cm³/mol. The molecule has 3 aromatic rings. The molecule has 1 aromatic heterocycles. The maximum absolute atomic E-state index is 12.5. The lowest BCUT2D eigenvalue weighted by Crippen LogP contribution is -2.16. The van der Waals surface area contributed by atoms with Crippen LogP contribution in [0.25, 0.3) is 0 Å². The molecule has 0 saturated carbocycles. The topological polar surface area (TPSA) is 78.3 Å². The van der Waals surface area contributed by atoms with Gasteiger partial charge in [0.2, 0.25) is 5.91 Å². The zero-order valence-corrected chi connectivity index (χ0v) is 20.9. The quantitative estimate of drug-likeness (QED) is 0.246. The third-order valence-corrected chi connectivity index (χ3v) is 6.13. The van der Waals surface area contributed by atoms with Crippen molar-refractivity contribution in [1.29, 1.82) is 0 Å². The molecule has 174 valence electrons. The number of nitrogens with zero attached hydrogens (tertiary/aromatic N) is 3. The van der Waals surface area contributed by atoms with Gasteiger partial charge in [-0.1, -0.05) is 52.6 Å². The smallest absolute Gasteiger partial charge is 0.234 e. The van der Waals surface area contributed by atoms with Crippen molar-refractivity contribution in [2.45, 2.75) is 24.7 Å². The molecule has 0 bridgehead atoms. The van der Waals surface area contributed by atoms with Crippen LogP contribution in [0.4, 0.5) is 5.69 Å². The summed E-state index contributed by atoms with van der Waals surface area (Å²) in [6.45, 7) is 6.06. The molecule has 0 saturated heterocycles. The van der Waals surface area contributed by atoms with E-state index in [1.165, 1.54) is 18.9 Å². The summed E-state index contributed by atoms with van der Waals surface area (Å²) in [5.41, 5.74) is 0.490. The number of amides is 1. The second-order valence-corrected chi connectivity index (χ2v) is 8.98. The van der Waals surface area contributed by atoms with Gasteiger partial charge < -0.3 is 14.8 Å². The Morgan fingerprint density at radius 3 is 2.64 bits per heavy atom. The summed E-state index contributed by atoms with van der Waals surface area (Å²) >= 11 is 19.5. The normalized spacial score (nSPS) is 11.7. The highest BCUT2D eigenvalue weighted by atomic mass is 35.5. The molecule has 0 aliphatic rings. The van der Waals surface area contributed by atoms with Gasteiger partial charge in [0.15, 0.2) is 17.1 Å². The number of hydrogen-bond donors (Lipinski definition) is 1. The van der Waals surface area contributed by atoms with E-state index >= 15 is 0 Å². The third-order valence-electron chi connectivity index (χ3n) is 4.39. The van der Waals surface area contributed by atoms with Crippen LogP contribution in [0.5, 0.6) is 11.5 Å². The molecule has 1 unspecified atom stereocenters.